The molecule has 100 valence electrons. The van der Waals surface area contributed by atoms with Gasteiger partial charge in [0.15, 0.2) is 5.78 Å². The average Bonchev–Trinajstić information content (AvgIpc) is 2.48. The topological polar surface area (TPSA) is 40.9 Å². The van der Waals surface area contributed by atoms with Gasteiger partial charge in [-0.3, -0.25) is 4.79 Å². The highest BCUT2D eigenvalue weighted by atomic mass is 16.1. The van der Waals surface area contributed by atoms with Gasteiger partial charge in [0.1, 0.15) is 0 Å². The van der Waals surface area contributed by atoms with Gasteiger partial charge in [0.2, 0.25) is 0 Å². The third kappa shape index (κ3) is 3.33. The number of hydrogen-bond acceptors (Lipinski definition) is 2. The standard InChI is InChI=1S/C18H17NO/c1-13-6-7-15(10-14(13)2)8-9-18(20)17-5-3-4-16(11-17)12-19/h3-7,10-11H,8-9H2,1-2H3. The first kappa shape index (κ1) is 14.0. The van der Waals surface area contributed by atoms with Crippen molar-refractivity contribution < 1.29 is 4.79 Å². The van der Waals surface area contributed by atoms with Crippen molar-refractivity contribution in [1.29, 1.82) is 5.26 Å². The largest absolute Gasteiger partial charge is 0.294 e. The lowest BCUT2D eigenvalue weighted by Gasteiger charge is -2.05. The molecule has 0 unspecified atom stereocenters. The number of hydrogen-bond donors (Lipinski definition) is 0. The Bertz CT molecular complexity index is 680. The number of rotatable bonds is 4. The molecule has 0 fully saturated rings. The van der Waals surface area contributed by atoms with E-state index in [1.165, 1.54) is 16.7 Å². The predicted octanol–water partition coefficient (Wildman–Crippen LogP) is 3.99. The highest BCUT2D eigenvalue weighted by Crippen LogP contribution is 2.14. The maximum atomic E-state index is 12.1. The number of aryl methyl sites for hydroxylation is 3. The molecule has 0 aliphatic carbocycles. The van der Waals surface area contributed by atoms with Crippen LogP contribution in [0.3, 0.4) is 0 Å². The van der Waals surface area contributed by atoms with Gasteiger partial charge in [0.05, 0.1) is 11.6 Å². The van der Waals surface area contributed by atoms with Crippen LogP contribution in [0.5, 0.6) is 0 Å². The second kappa shape index (κ2) is 6.16. The maximum absolute atomic E-state index is 12.1. The van der Waals surface area contributed by atoms with E-state index in [-0.39, 0.29) is 5.78 Å². The SMILES string of the molecule is Cc1ccc(CCC(=O)c2cccc(C#N)c2)cc1C. The summed E-state index contributed by atoms with van der Waals surface area (Å²) in [5, 5.41) is 8.85. The number of benzene rings is 2. The third-order valence-corrected chi connectivity index (χ3v) is 3.53. The first-order valence-corrected chi connectivity index (χ1v) is 6.69. The van der Waals surface area contributed by atoms with E-state index in [1.54, 1.807) is 24.3 Å². The molecule has 0 radical (unpaired) electrons. The third-order valence-electron chi connectivity index (χ3n) is 3.53. The fourth-order valence-corrected chi connectivity index (χ4v) is 2.12. The summed E-state index contributed by atoms with van der Waals surface area (Å²) >= 11 is 0. The average molecular weight is 263 g/mol. The van der Waals surface area contributed by atoms with E-state index < -0.39 is 0 Å². The van der Waals surface area contributed by atoms with Crippen molar-refractivity contribution >= 4 is 5.78 Å². The van der Waals surface area contributed by atoms with Crippen molar-refractivity contribution in [2.45, 2.75) is 26.7 Å². The van der Waals surface area contributed by atoms with Crippen LogP contribution in [0, 0.1) is 25.2 Å². The molecule has 0 spiro atoms. The van der Waals surface area contributed by atoms with E-state index in [9.17, 15) is 4.79 Å². The van der Waals surface area contributed by atoms with Gasteiger partial charge in [-0.1, -0.05) is 30.3 Å². The zero-order valence-electron chi connectivity index (χ0n) is 11.8. The zero-order valence-corrected chi connectivity index (χ0v) is 11.8. The minimum absolute atomic E-state index is 0.0836. The Balaban J connectivity index is 2.04. The lowest BCUT2D eigenvalue weighted by atomic mass is 9.99. The molecule has 2 rings (SSSR count). The Morgan fingerprint density at radius 1 is 1.10 bits per heavy atom. The molecule has 2 aromatic carbocycles. The fraction of sp³-hybridized carbons (Fsp3) is 0.222. The van der Waals surface area contributed by atoms with Crippen molar-refractivity contribution in [3.8, 4) is 6.07 Å². The molecule has 0 aromatic heterocycles. The molecule has 2 aromatic rings. The van der Waals surface area contributed by atoms with Crippen LogP contribution in [0.25, 0.3) is 0 Å². The summed E-state index contributed by atoms with van der Waals surface area (Å²) in [4.78, 5) is 12.1. The Morgan fingerprint density at radius 2 is 1.90 bits per heavy atom. The quantitative estimate of drug-likeness (QED) is 0.782. The summed E-state index contributed by atoms with van der Waals surface area (Å²) in [5.41, 5.74) is 4.84. The van der Waals surface area contributed by atoms with Crippen LogP contribution in [-0.2, 0) is 6.42 Å². The van der Waals surface area contributed by atoms with E-state index in [0.717, 1.165) is 6.42 Å². The van der Waals surface area contributed by atoms with Gasteiger partial charge in [-0.2, -0.15) is 5.26 Å². The van der Waals surface area contributed by atoms with Crippen LogP contribution in [0.1, 0.15) is 39.0 Å². The molecule has 0 heterocycles. The Morgan fingerprint density at radius 3 is 2.60 bits per heavy atom. The van der Waals surface area contributed by atoms with Crippen LogP contribution >= 0.6 is 0 Å². The van der Waals surface area contributed by atoms with E-state index in [0.29, 0.717) is 17.5 Å². The van der Waals surface area contributed by atoms with Crippen molar-refractivity contribution in [2.75, 3.05) is 0 Å². The highest BCUT2D eigenvalue weighted by Gasteiger charge is 2.07. The predicted molar refractivity (Wildman–Crippen MR) is 79.7 cm³/mol. The number of ketones is 1. The van der Waals surface area contributed by atoms with Gasteiger partial charge in [0.25, 0.3) is 0 Å². The molecule has 2 heteroatoms. The van der Waals surface area contributed by atoms with Crippen LogP contribution in [0.2, 0.25) is 0 Å². The van der Waals surface area contributed by atoms with Crippen LogP contribution in [0.15, 0.2) is 42.5 Å². The molecule has 0 atom stereocenters. The van der Waals surface area contributed by atoms with Gasteiger partial charge in [-0.15, -0.1) is 0 Å². The van der Waals surface area contributed by atoms with Crippen LogP contribution in [0.4, 0.5) is 0 Å². The van der Waals surface area contributed by atoms with Crippen LogP contribution in [-0.4, -0.2) is 5.78 Å². The molecule has 0 aliphatic rings. The maximum Gasteiger partial charge on any atom is 0.163 e. The summed E-state index contributed by atoms with van der Waals surface area (Å²) in [6.45, 7) is 4.16. The second-order valence-electron chi connectivity index (χ2n) is 5.03. The molecular formula is C18H17NO. The molecule has 2 nitrogen and oxygen atoms in total. The first-order chi connectivity index (χ1) is 9.60. The Hall–Kier alpha value is -2.40. The number of nitrogens with zero attached hydrogens (tertiary/aromatic N) is 1. The molecule has 0 saturated heterocycles. The Labute approximate surface area is 119 Å². The summed E-state index contributed by atoms with van der Waals surface area (Å²) in [6, 6.07) is 15.2. The van der Waals surface area contributed by atoms with E-state index in [1.807, 2.05) is 0 Å². The van der Waals surface area contributed by atoms with Gasteiger partial charge in [-0.25, -0.2) is 0 Å². The van der Waals surface area contributed by atoms with Gasteiger partial charge in [-0.05, 0) is 49.1 Å². The monoisotopic (exact) mass is 263 g/mol. The molecule has 0 bridgehead atoms. The second-order valence-corrected chi connectivity index (χ2v) is 5.03. The van der Waals surface area contributed by atoms with Crippen LogP contribution < -0.4 is 0 Å². The minimum atomic E-state index is 0.0836. The molecule has 0 amide bonds. The highest BCUT2D eigenvalue weighted by molar-refractivity contribution is 5.96. The van der Waals surface area contributed by atoms with Gasteiger partial charge < -0.3 is 0 Å². The summed E-state index contributed by atoms with van der Waals surface area (Å²) < 4.78 is 0. The number of carbonyl (C=O) groups excluding carboxylic acids is 1. The molecular weight excluding hydrogens is 246 g/mol. The zero-order chi connectivity index (χ0) is 14.5. The molecule has 0 saturated carbocycles. The number of Topliss-reactive ketones (excluding diaryl/α,β-unsaturated/α-hetero) is 1. The first-order valence-electron chi connectivity index (χ1n) is 6.69. The van der Waals surface area contributed by atoms with Gasteiger partial charge >= 0.3 is 0 Å². The van der Waals surface area contributed by atoms with Crippen molar-refractivity contribution in [1.82, 2.24) is 0 Å². The van der Waals surface area contributed by atoms with Crippen molar-refractivity contribution in [3.05, 3.63) is 70.3 Å². The van der Waals surface area contributed by atoms with E-state index >= 15 is 0 Å². The van der Waals surface area contributed by atoms with E-state index in [4.69, 9.17) is 5.26 Å². The lowest BCUT2D eigenvalue weighted by molar-refractivity contribution is 0.0983. The molecule has 20 heavy (non-hydrogen) atoms. The van der Waals surface area contributed by atoms with Crippen molar-refractivity contribution in [2.24, 2.45) is 0 Å². The number of nitriles is 1. The minimum Gasteiger partial charge on any atom is -0.294 e. The lowest BCUT2D eigenvalue weighted by Crippen LogP contribution is -2.02. The summed E-state index contributed by atoms with van der Waals surface area (Å²) in [6.07, 6.45) is 1.20. The van der Waals surface area contributed by atoms with E-state index in [2.05, 4.69) is 38.1 Å². The summed E-state index contributed by atoms with van der Waals surface area (Å²) in [5.74, 6) is 0.0836. The summed E-state index contributed by atoms with van der Waals surface area (Å²) in [7, 11) is 0. The molecule has 0 N–H and O–H groups in total. The van der Waals surface area contributed by atoms with Crippen molar-refractivity contribution in [3.63, 3.8) is 0 Å². The number of carbonyl (C=O) groups is 1. The Kier molecular flexibility index (Phi) is 4.32. The fourth-order valence-electron chi connectivity index (χ4n) is 2.12. The molecule has 0 aliphatic heterocycles. The normalized spacial score (nSPS) is 10.1. The smallest absolute Gasteiger partial charge is 0.163 e. The van der Waals surface area contributed by atoms with Gasteiger partial charge in [0, 0.05) is 12.0 Å².